The SMILES string of the molecule is CC(C)Cc1nc(Br)n2c1CCC(C(=O)O)C2. The number of nitrogens with zero attached hydrogens (tertiary/aromatic N) is 2. The third-order valence-electron chi connectivity index (χ3n) is 3.19. The molecular weight excluding hydrogens is 284 g/mol. The van der Waals surface area contributed by atoms with E-state index in [0.29, 0.717) is 12.5 Å². The van der Waals surface area contributed by atoms with Gasteiger partial charge in [-0.25, -0.2) is 4.98 Å². The fourth-order valence-corrected chi connectivity index (χ4v) is 2.92. The summed E-state index contributed by atoms with van der Waals surface area (Å²) >= 11 is 3.43. The second-order valence-electron chi connectivity index (χ2n) is 5.06. The standard InChI is InChI=1S/C12H17BrN2O2/c1-7(2)5-9-10-4-3-8(11(16)17)6-15(10)12(13)14-9/h7-8H,3-6H2,1-2H3,(H,16,17). The number of carboxylic acid groups (broad SMARTS) is 1. The molecule has 0 bridgehead atoms. The van der Waals surface area contributed by atoms with Crippen LogP contribution in [0.25, 0.3) is 0 Å². The molecule has 17 heavy (non-hydrogen) atoms. The summed E-state index contributed by atoms with van der Waals surface area (Å²) in [5, 5.41) is 9.06. The number of hydrogen-bond donors (Lipinski definition) is 1. The van der Waals surface area contributed by atoms with Gasteiger partial charge in [-0.2, -0.15) is 0 Å². The quantitative estimate of drug-likeness (QED) is 0.933. The number of rotatable bonds is 3. The fourth-order valence-electron chi connectivity index (χ4n) is 2.34. The van der Waals surface area contributed by atoms with E-state index in [4.69, 9.17) is 5.11 Å². The number of carbonyl (C=O) groups is 1. The Hall–Kier alpha value is -0.840. The van der Waals surface area contributed by atoms with Gasteiger partial charge in [-0.3, -0.25) is 4.79 Å². The van der Waals surface area contributed by atoms with Gasteiger partial charge in [0.15, 0.2) is 4.73 Å². The van der Waals surface area contributed by atoms with Crippen LogP contribution in [0.2, 0.25) is 0 Å². The lowest BCUT2D eigenvalue weighted by molar-refractivity contribution is -0.142. The van der Waals surface area contributed by atoms with Crippen molar-refractivity contribution in [2.45, 2.75) is 39.7 Å². The van der Waals surface area contributed by atoms with Crippen LogP contribution in [-0.2, 0) is 24.2 Å². The van der Waals surface area contributed by atoms with Gasteiger partial charge >= 0.3 is 5.97 Å². The summed E-state index contributed by atoms with van der Waals surface area (Å²) in [6.07, 6.45) is 2.49. The molecule has 94 valence electrons. The summed E-state index contributed by atoms with van der Waals surface area (Å²) in [4.78, 5) is 15.5. The Morgan fingerprint density at radius 1 is 1.65 bits per heavy atom. The van der Waals surface area contributed by atoms with E-state index in [1.165, 1.54) is 5.69 Å². The predicted molar refractivity (Wildman–Crippen MR) is 67.9 cm³/mol. The molecule has 1 aliphatic rings. The van der Waals surface area contributed by atoms with Crippen molar-refractivity contribution in [2.75, 3.05) is 0 Å². The molecule has 2 heterocycles. The molecule has 0 saturated carbocycles. The van der Waals surface area contributed by atoms with Crippen LogP contribution in [0.1, 0.15) is 31.7 Å². The maximum Gasteiger partial charge on any atom is 0.308 e. The number of halogens is 1. The molecule has 1 N–H and O–H groups in total. The molecule has 0 aliphatic carbocycles. The lowest BCUT2D eigenvalue weighted by atomic mass is 9.95. The molecule has 0 aromatic carbocycles. The summed E-state index contributed by atoms with van der Waals surface area (Å²) < 4.78 is 2.79. The molecule has 5 heteroatoms. The van der Waals surface area contributed by atoms with Crippen LogP contribution in [0.4, 0.5) is 0 Å². The summed E-state index contributed by atoms with van der Waals surface area (Å²) in [5.41, 5.74) is 2.33. The average molecular weight is 301 g/mol. The third-order valence-corrected chi connectivity index (χ3v) is 3.80. The molecule has 0 fully saturated rings. The number of carboxylic acids is 1. The lowest BCUT2D eigenvalue weighted by Gasteiger charge is -2.22. The lowest BCUT2D eigenvalue weighted by Crippen LogP contribution is -2.26. The minimum atomic E-state index is -0.707. The topological polar surface area (TPSA) is 55.1 Å². The number of imidazole rings is 1. The van der Waals surface area contributed by atoms with Gasteiger partial charge < -0.3 is 9.67 Å². The first-order valence-electron chi connectivity index (χ1n) is 5.95. The van der Waals surface area contributed by atoms with Gasteiger partial charge in [-0.15, -0.1) is 0 Å². The zero-order valence-corrected chi connectivity index (χ0v) is 11.7. The minimum absolute atomic E-state index is 0.278. The molecule has 0 radical (unpaired) electrons. The Morgan fingerprint density at radius 2 is 2.35 bits per heavy atom. The largest absolute Gasteiger partial charge is 0.481 e. The van der Waals surface area contributed by atoms with Crippen molar-refractivity contribution >= 4 is 21.9 Å². The first kappa shape index (κ1) is 12.6. The van der Waals surface area contributed by atoms with Crippen LogP contribution in [0, 0.1) is 11.8 Å². The van der Waals surface area contributed by atoms with Crippen molar-refractivity contribution in [3.05, 3.63) is 16.1 Å². The molecule has 1 atom stereocenters. The highest BCUT2D eigenvalue weighted by atomic mass is 79.9. The van der Waals surface area contributed by atoms with Gasteiger partial charge in [-0.1, -0.05) is 13.8 Å². The van der Waals surface area contributed by atoms with Crippen LogP contribution < -0.4 is 0 Å². The zero-order chi connectivity index (χ0) is 12.6. The van der Waals surface area contributed by atoms with Crippen molar-refractivity contribution < 1.29 is 9.90 Å². The molecule has 4 nitrogen and oxygen atoms in total. The molecule has 2 rings (SSSR count). The van der Waals surface area contributed by atoms with Crippen LogP contribution >= 0.6 is 15.9 Å². The zero-order valence-electron chi connectivity index (χ0n) is 10.1. The van der Waals surface area contributed by atoms with Crippen LogP contribution in [0.15, 0.2) is 4.73 Å². The van der Waals surface area contributed by atoms with Gasteiger partial charge in [0.2, 0.25) is 0 Å². The highest BCUT2D eigenvalue weighted by molar-refractivity contribution is 9.10. The summed E-state index contributed by atoms with van der Waals surface area (Å²) in [6, 6.07) is 0. The Bertz CT molecular complexity index is 440. The molecule has 0 amide bonds. The highest BCUT2D eigenvalue weighted by Gasteiger charge is 2.28. The van der Waals surface area contributed by atoms with Crippen molar-refractivity contribution in [3.63, 3.8) is 0 Å². The van der Waals surface area contributed by atoms with E-state index in [9.17, 15) is 4.79 Å². The Labute approximate surface area is 109 Å². The number of aromatic nitrogens is 2. The average Bonchev–Trinajstić information content (AvgIpc) is 2.54. The molecule has 1 aromatic rings. The van der Waals surface area contributed by atoms with Gasteiger partial charge in [-0.05, 0) is 41.1 Å². The first-order chi connectivity index (χ1) is 7.99. The van der Waals surface area contributed by atoms with E-state index in [-0.39, 0.29) is 5.92 Å². The van der Waals surface area contributed by atoms with Gasteiger partial charge in [0.1, 0.15) is 0 Å². The van der Waals surface area contributed by atoms with Crippen molar-refractivity contribution in [1.29, 1.82) is 0 Å². The minimum Gasteiger partial charge on any atom is -0.481 e. The van der Waals surface area contributed by atoms with E-state index >= 15 is 0 Å². The number of aliphatic carboxylic acids is 1. The predicted octanol–water partition coefficient (Wildman–Crippen LogP) is 2.49. The number of fused-ring (bicyclic) bond motifs is 1. The fraction of sp³-hybridized carbons (Fsp3) is 0.667. The van der Waals surface area contributed by atoms with Crippen LogP contribution in [-0.4, -0.2) is 20.6 Å². The monoisotopic (exact) mass is 300 g/mol. The molecule has 1 aromatic heterocycles. The Morgan fingerprint density at radius 3 is 2.94 bits per heavy atom. The van der Waals surface area contributed by atoms with Crippen LogP contribution in [0.5, 0.6) is 0 Å². The van der Waals surface area contributed by atoms with E-state index < -0.39 is 5.97 Å². The number of hydrogen-bond acceptors (Lipinski definition) is 2. The second-order valence-corrected chi connectivity index (χ2v) is 5.77. The maximum atomic E-state index is 11.0. The summed E-state index contributed by atoms with van der Waals surface area (Å²) in [5.74, 6) is -0.416. The maximum absolute atomic E-state index is 11.0. The van der Waals surface area contributed by atoms with Crippen molar-refractivity contribution in [3.8, 4) is 0 Å². The summed E-state index contributed by atoms with van der Waals surface area (Å²) in [7, 11) is 0. The summed E-state index contributed by atoms with van der Waals surface area (Å²) in [6.45, 7) is 4.88. The van der Waals surface area contributed by atoms with Crippen LogP contribution in [0.3, 0.4) is 0 Å². The van der Waals surface area contributed by atoms with Gasteiger partial charge in [0.25, 0.3) is 0 Å². The molecule has 1 aliphatic heterocycles. The second kappa shape index (κ2) is 4.80. The molecule has 1 unspecified atom stereocenters. The van der Waals surface area contributed by atoms with Crippen molar-refractivity contribution in [2.24, 2.45) is 11.8 Å². The normalized spacial score (nSPS) is 19.4. The Kier molecular flexibility index (Phi) is 3.56. The third kappa shape index (κ3) is 2.54. The highest BCUT2D eigenvalue weighted by Crippen LogP contribution is 2.28. The van der Waals surface area contributed by atoms with Gasteiger partial charge in [0, 0.05) is 12.2 Å². The first-order valence-corrected chi connectivity index (χ1v) is 6.75. The van der Waals surface area contributed by atoms with E-state index in [0.717, 1.165) is 29.7 Å². The van der Waals surface area contributed by atoms with E-state index in [1.54, 1.807) is 0 Å². The molecule has 0 spiro atoms. The van der Waals surface area contributed by atoms with Crippen molar-refractivity contribution in [1.82, 2.24) is 9.55 Å². The smallest absolute Gasteiger partial charge is 0.308 e. The van der Waals surface area contributed by atoms with E-state index in [2.05, 4.69) is 34.8 Å². The van der Waals surface area contributed by atoms with E-state index in [1.807, 2.05) is 4.57 Å². The molecular formula is C12H17BrN2O2. The van der Waals surface area contributed by atoms with Gasteiger partial charge in [0.05, 0.1) is 11.6 Å². The Balaban J connectivity index is 2.27. The molecule has 0 saturated heterocycles.